The van der Waals surface area contributed by atoms with Gasteiger partial charge in [-0.3, -0.25) is 4.79 Å². The minimum Gasteiger partial charge on any atom is -0.481 e. The lowest BCUT2D eigenvalue weighted by Gasteiger charge is -2.19. The van der Waals surface area contributed by atoms with Crippen molar-refractivity contribution in [2.75, 3.05) is 5.88 Å². The summed E-state index contributed by atoms with van der Waals surface area (Å²) in [5.41, 5.74) is 0.421. The van der Waals surface area contributed by atoms with Crippen LogP contribution in [0.3, 0.4) is 0 Å². The monoisotopic (exact) mass is 284 g/mol. The van der Waals surface area contributed by atoms with E-state index in [4.69, 9.17) is 11.6 Å². The largest absolute Gasteiger partial charge is 0.481 e. The first-order chi connectivity index (χ1) is 9.01. The maximum Gasteiger partial charge on any atom is 0.314 e. The molecule has 4 nitrogen and oxygen atoms in total. The molecule has 1 aromatic carbocycles. The van der Waals surface area contributed by atoms with Crippen LogP contribution in [0.5, 0.6) is 0 Å². The lowest BCUT2D eigenvalue weighted by atomic mass is 9.92. The Balaban J connectivity index is 2.23. The lowest BCUT2D eigenvalue weighted by Crippen LogP contribution is -2.22. The highest BCUT2D eigenvalue weighted by Crippen LogP contribution is 2.48. The Morgan fingerprint density at radius 3 is 2.58 bits per heavy atom. The van der Waals surface area contributed by atoms with Gasteiger partial charge in [0.15, 0.2) is 0 Å². The molecule has 0 aliphatic heterocycles. The minimum absolute atomic E-state index is 0.261. The summed E-state index contributed by atoms with van der Waals surface area (Å²) in [7, 11) is 0. The van der Waals surface area contributed by atoms with Crippen LogP contribution >= 0.6 is 11.6 Å². The molecule has 0 bridgehead atoms. The van der Waals surface area contributed by atoms with E-state index in [1.807, 2.05) is 0 Å². The van der Waals surface area contributed by atoms with Crippen molar-refractivity contribution in [2.24, 2.45) is 0 Å². The van der Waals surface area contributed by atoms with Crippen molar-refractivity contribution in [3.8, 4) is 0 Å². The second-order valence-corrected chi connectivity index (χ2v) is 5.38. The van der Waals surface area contributed by atoms with Crippen LogP contribution in [-0.2, 0) is 10.2 Å². The van der Waals surface area contributed by atoms with Crippen LogP contribution in [0.1, 0.15) is 36.5 Å². The average molecular weight is 285 g/mol. The van der Waals surface area contributed by atoms with E-state index >= 15 is 0 Å². The van der Waals surface area contributed by atoms with Gasteiger partial charge in [-0.15, -0.1) is 11.6 Å². The van der Waals surface area contributed by atoms with Crippen LogP contribution in [0.25, 0.3) is 0 Å². The van der Waals surface area contributed by atoms with Crippen molar-refractivity contribution in [2.45, 2.75) is 36.9 Å². The number of halogens is 1. The number of aliphatic carboxylic acids is 1. The maximum absolute atomic E-state index is 11.3. The van der Waals surface area contributed by atoms with Gasteiger partial charge in [0, 0.05) is 5.88 Å². The number of carboxylic acids is 1. The molecule has 2 unspecified atom stereocenters. The van der Waals surface area contributed by atoms with Crippen LogP contribution in [0, 0.1) is 0 Å². The quantitative estimate of drug-likeness (QED) is 0.697. The second kappa shape index (κ2) is 5.49. The normalized spacial score (nSPS) is 19.7. The summed E-state index contributed by atoms with van der Waals surface area (Å²) in [6.45, 7) is 0. The molecule has 0 spiro atoms. The Morgan fingerprint density at radius 2 is 2.05 bits per heavy atom. The number of alkyl halides is 1. The summed E-state index contributed by atoms with van der Waals surface area (Å²) in [4.78, 5) is 11.3. The van der Waals surface area contributed by atoms with Gasteiger partial charge in [-0.2, -0.15) is 0 Å². The fraction of sp³-hybridized carbons (Fsp3) is 0.500. The van der Waals surface area contributed by atoms with Crippen molar-refractivity contribution in [3.05, 3.63) is 35.4 Å². The van der Waals surface area contributed by atoms with Crippen LogP contribution in [0.2, 0.25) is 0 Å². The van der Waals surface area contributed by atoms with Crippen molar-refractivity contribution in [3.63, 3.8) is 0 Å². The molecule has 1 fully saturated rings. The summed E-state index contributed by atoms with van der Waals surface area (Å²) >= 11 is 5.53. The van der Waals surface area contributed by atoms with Crippen LogP contribution < -0.4 is 0 Å². The smallest absolute Gasteiger partial charge is 0.314 e. The predicted octanol–water partition coefficient (Wildman–Crippen LogP) is 1.83. The number of carbonyl (C=O) groups is 1. The highest BCUT2D eigenvalue weighted by Gasteiger charge is 2.51. The van der Waals surface area contributed by atoms with Gasteiger partial charge >= 0.3 is 5.97 Å². The molecule has 1 saturated carbocycles. The van der Waals surface area contributed by atoms with Crippen molar-refractivity contribution >= 4 is 17.6 Å². The fourth-order valence-electron chi connectivity index (χ4n) is 2.26. The van der Waals surface area contributed by atoms with Gasteiger partial charge in [0.1, 0.15) is 6.10 Å². The van der Waals surface area contributed by atoms with Crippen LogP contribution in [-0.4, -0.2) is 33.3 Å². The molecule has 0 aromatic heterocycles. The second-order valence-electron chi connectivity index (χ2n) is 5.00. The molecule has 104 valence electrons. The lowest BCUT2D eigenvalue weighted by molar-refractivity contribution is -0.140. The Morgan fingerprint density at radius 1 is 1.37 bits per heavy atom. The highest BCUT2D eigenvalue weighted by atomic mass is 35.5. The third kappa shape index (κ3) is 2.76. The van der Waals surface area contributed by atoms with Crippen LogP contribution in [0.4, 0.5) is 0 Å². The third-order valence-corrected chi connectivity index (χ3v) is 3.93. The van der Waals surface area contributed by atoms with Crippen molar-refractivity contribution in [1.82, 2.24) is 0 Å². The Kier molecular flexibility index (Phi) is 4.13. The van der Waals surface area contributed by atoms with E-state index < -0.39 is 23.6 Å². The zero-order chi connectivity index (χ0) is 14.0. The minimum atomic E-state index is -1.04. The summed E-state index contributed by atoms with van der Waals surface area (Å²) in [5, 5.41) is 29.0. The topological polar surface area (TPSA) is 77.8 Å². The molecule has 3 N–H and O–H groups in total. The molecule has 2 atom stereocenters. The summed E-state index contributed by atoms with van der Waals surface area (Å²) in [6.07, 6.45) is -0.453. The molecule has 1 aliphatic rings. The Labute approximate surface area is 116 Å². The summed E-state index contributed by atoms with van der Waals surface area (Å²) in [5.74, 6) is -0.572. The third-order valence-electron chi connectivity index (χ3n) is 3.71. The van der Waals surface area contributed by atoms with E-state index in [2.05, 4.69) is 0 Å². The first kappa shape index (κ1) is 14.3. The van der Waals surface area contributed by atoms with E-state index in [1.54, 1.807) is 24.3 Å². The average Bonchev–Trinajstić information content (AvgIpc) is 3.20. The molecule has 0 radical (unpaired) electrons. The molecular formula is C14H17ClO4. The van der Waals surface area contributed by atoms with Crippen molar-refractivity contribution in [1.29, 1.82) is 0 Å². The summed E-state index contributed by atoms with van der Waals surface area (Å²) in [6, 6.07) is 6.82. The van der Waals surface area contributed by atoms with Gasteiger partial charge in [0.05, 0.1) is 11.5 Å². The molecule has 5 heteroatoms. The van der Waals surface area contributed by atoms with Gasteiger partial charge < -0.3 is 15.3 Å². The van der Waals surface area contributed by atoms with Crippen molar-refractivity contribution < 1.29 is 20.1 Å². The molecule has 1 aliphatic carbocycles. The van der Waals surface area contributed by atoms with E-state index in [1.165, 1.54) is 0 Å². The molecule has 19 heavy (non-hydrogen) atoms. The van der Waals surface area contributed by atoms with Gasteiger partial charge in [-0.25, -0.2) is 0 Å². The number of aliphatic hydroxyl groups is 2. The van der Waals surface area contributed by atoms with E-state index in [-0.39, 0.29) is 12.3 Å². The fourth-order valence-corrected chi connectivity index (χ4v) is 2.49. The number of rotatable bonds is 6. The Bertz CT molecular complexity index is 470. The van der Waals surface area contributed by atoms with E-state index in [0.717, 1.165) is 0 Å². The number of aliphatic hydroxyl groups excluding tert-OH is 2. The molecule has 0 amide bonds. The number of carboxylic acid groups (broad SMARTS) is 1. The molecule has 2 rings (SSSR count). The maximum atomic E-state index is 11.3. The van der Waals surface area contributed by atoms with Gasteiger partial charge in [-0.05, 0) is 30.4 Å². The zero-order valence-corrected chi connectivity index (χ0v) is 11.2. The van der Waals surface area contributed by atoms with E-state index in [0.29, 0.717) is 24.0 Å². The predicted molar refractivity (Wildman–Crippen MR) is 71.3 cm³/mol. The number of hydrogen-bond donors (Lipinski definition) is 3. The van der Waals surface area contributed by atoms with Gasteiger partial charge in [-0.1, -0.05) is 24.3 Å². The van der Waals surface area contributed by atoms with E-state index in [9.17, 15) is 20.1 Å². The molecule has 0 heterocycles. The first-order valence-corrected chi connectivity index (χ1v) is 6.80. The Hall–Kier alpha value is -1.10. The highest BCUT2D eigenvalue weighted by molar-refractivity contribution is 6.17. The molecular weight excluding hydrogens is 268 g/mol. The molecule has 0 saturated heterocycles. The zero-order valence-electron chi connectivity index (χ0n) is 10.4. The van der Waals surface area contributed by atoms with Crippen LogP contribution in [0.15, 0.2) is 24.3 Å². The van der Waals surface area contributed by atoms with Gasteiger partial charge in [0.25, 0.3) is 0 Å². The SMILES string of the molecule is O=C(O)C1(c2cccc(C(O)C(O)CCCl)c2)CC1. The number of hydrogen-bond acceptors (Lipinski definition) is 3. The molecule has 1 aromatic rings. The first-order valence-electron chi connectivity index (χ1n) is 6.27. The van der Waals surface area contributed by atoms with Gasteiger partial charge in [0.2, 0.25) is 0 Å². The summed E-state index contributed by atoms with van der Waals surface area (Å²) < 4.78 is 0. The number of benzene rings is 1. The standard InChI is InChI=1S/C14H17ClO4/c15-7-4-11(16)12(17)9-2-1-3-10(8-9)14(5-6-14)13(18)19/h1-3,8,11-12,16-17H,4-7H2,(H,18,19).